The summed E-state index contributed by atoms with van der Waals surface area (Å²) in [6, 6.07) is 41.2. The van der Waals surface area contributed by atoms with Gasteiger partial charge in [0.05, 0.1) is 11.5 Å². The number of rotatable bonds is 4. The SMILES string of the molecule is CN1c2c(ccc3ccccc23)C(C)(C)[C@]12C=C(c1ccccc1)C=C(c1ccc(Cl)cc1)[C@@H]2C(=O)c1ccccc1. The fourth-order valence-corrected chi connectivity index (χ4v) is 7.55. The lowest BCUT2D eigenvalue weighted by atomic mass is 9.57. The second kappa shape index (κ2) is 9.86. The maximum atomic E-state index is 15.0. The molecule has 2 nitrogen and oxygen atoms in total. The highest BCUT2D eigenvalue weighted by Crippen LogP contribution is 2.61. The number of carbonyl (C=O) groups is 1. The molecular formula is C39H32ClNO. The minimum atomic E-state index is -0.707. The van der Waals surface area contributed by atoms with Crippen LogP contribution in [0.4, 0.5) is 5.69 Å². The van der Waals surface area contributed by atoms with Crippen molar-refractivity contribution in [3.8, 4) is 0 Å². The van der Waals surface area contributed by atoms with Gasteiger partial charge in [-0.2, -0.15) is 0 Å². The van der Waals surface area contributed by atoms with Crippen LogP contribution in [0.25, 0.3) is 21.9 Å². The van der Waals surface area contributed by atoms with Crippen LogP contribution < -0.4 is 4.90 Å². The van der Waals surface area contributed by atoms with Gasteiger partial charge in [0.15, 0.2) is 5.78 Å². The van der Waals surface area contributed by atoms with Gasteiger partial charge in [-0.3, -0.25) is 4.79 Å². The zero-order valence-electron chi connectivity index (χ0n) is 24.0. The molecule has 5 aromatic rings. The van der Waals surface area contributed by atoms with Crippen molar-refractivity contribution in [2.24, 2.45) is 5.92 Å². The second-order valence-corrected chi connectivity index (χ2v) is 12.4. The van der Waals surface area contributed by atoms with Crippen molar-refractivity contribution >= 4 is 45.0 Å². The monoisotopic (exact) mass is 565 g/mol. The number of carbonyl (C=O) groups excluding carboxylic acids is 1. The number of halogens is 1. The summed E-state index contributed by atoms with van der Waals surface area (Å²) in [6.07, 6.45) is 4.60. The molecule has 1 spiro atoms. The van der Waals surface area contributed by atoms with Crippen LogP contribution in [0, 0.1) is 5.92 Å². The third-order valence-corrected chi connectivity index (χ3v) is 9.76. The van der Waals surface area contributed by atoms with E-state index in [4.69, 9.17) is 11.6 Å². The summed E-state index contributed by atoms with van der Waals surface area (Å²) in [4.78, 5) is 17.4. The summed E-state index contributed by atoms with van der Waals surface area (Å²) >= 11 is 6.37. The summed E-state index contributed by atoms with van der Waals surface area (Å²) in [5.41, 5.74) is 6.24. The predicted molar refractivity (Wildman–Crippen MR) is 176 cm³/mol. The molecule has 0 bridgehead atoms. The second-order valence-electron chi connectivity index (χ2n) is 11.9. The van der Waals surface area contributed by atoms with E-state index in [1.807, 2.05) is 60.7 Å². The molecule has 7 rings (SSSR count). The quantitative estimate of drug-likeness (QED) is 0.202. The predicted octanol–water partition coefficient (Wildman–Crippen LogP) is 9.64. The first-order valence-corrected chi connectivity index (χ1v) is 14.8. The van der Waals surface area contributed by atoms with E-state index in [0.29, 0.717) is 10.6 Å². The normalized spacial score (nSPS) is 20.8. The average Bonchev–Trinajstić information content (AvgIpc) is 3.19. The van der Waals surface area contributed by atoms with Gasteiger partial charge in [0.2, 0.25) is 0 Å². The first kappa shape index (κ1) is 26.5. The standard InChI is InChI=1S/C39H32ClNO/c1-38(2)34-23-20-27-14-10-11-17-32(27)36(34)41(3)39(38)25-30(26-12-6-4-7-13-26)24-33(28-18-21-31(40)22-19-28)35(39)37(42)29-15-8-5-9-16-29/h4-25,35H,1-3H3/t35-,39-/m1/s1. The average molecular weight is 566 g/mol. The number of nitrogens with zero attached hydrogens (tertiary/aromatic N) is 1. The number of likely N-dealkylation sites (N-methyl/N-ethyl adjacent to an activating group) is 1. The fourth-order valence-electron chi connectivity index (χ4n) is 7.42. The Balaban J connectivity index is 1.57. The molecule has 0 unspecified atom stereocenters. The molecule has 5 aromatic carbocycles. The molecule has 206 valence electrons. The van der Waals surface area contributed by atoms with Crippen LogP contribution in [0.1, 0.15) is 40.9 Å². The third kappa shape index (κ3) is 3.82. The van der Waals surface area contributed by atoms with Crippen molar-refractivity contribution < 1.29 is 4.79 Å². The molecule has 0 amide bonds. The van der Waals surface area contributed by atoms with E-state index in [1.165, 1.54) is 22.0 Å². The van der Waals surface area contributed by atoms with Crippen molar-refractivity contribution in [1.82, 2.24) is 0 Å². The summed E-state index contributed by atoms with van der Waals surface area (Å²) in [5, 5.41) is 3.07. The molecule has 0 saturated heterocycles. The van der Waals surface area contributed by atoms with E-state index in [0.717, 1.165) is 22.3 Å². The van der Waals surface area contributed by atoms with Gasteiger partial charge in [-0.05, 0) is 57.5 Å². The zero-order chi connectivity index (χ0) is 29.1. The number of hydrogen-bond donors (Lipinski definition) is 0. The molecule has 0 radical (unpaired) electrons. The van der Waals surface area contributed by atoms with Crippen LogP contribution in [0.3, 0.4) is 0 Å². The van der Waals surface area contributed by atoms with E-state index in [1.54, 1.807) is 0 Å². The highest BCUT2D eigenvalue weighted by Gasteiger charge is 2.62. The Kier molecular flexibility index (Phi) is 6.22. The number of Topliss-reactive ketones (excluding diaryl/α,β-unsaturated/α-hetero) is 1. The smallest absolute Gasteiger partial charge is 0.173 e. The number of anilines is 1. The van der Waals surface area contributed by atoms with Gasteiger partial charge in [0, 0.05) is 34.1 Å². The van der Waals surface area contributed by atoms with Crippen LogP contribution in [0.2, 0.25) is 5.02 Å². The summed E-state index contributed by atoms with van der Waals surface area (Å²) in [5.74, 6) is -0.378. The highest BCUT2D eigenvalue weighted by atomic mass is 35.5. The first-order chi connectivity index (χ1) is 20.3. The number of benzene rings is 5. The van der Waals surface area contributed by atoms with Crippen LogP contribution in [0.5, 0.6) is 0 Å². The van der Waals surface area contributed by atoms with Gasteiger partial charge < -0.3 is 4.90 Å². The molecule has 2 atom stereocenters. The maximum absolute atomic E-state index is 15.0. The van der Waals surface area contributed by atoms with Gasteiger partial charge in [-0.15, -0.1) is 0 Å². The van der Waals surface area contributed by atoms with Crippen molar-refractivity contribution in [2.75, 3.05) is 11.9 Å². The molecule has 2 aliphatic rings. The van der Waals surface area contributed by atoms with Crippen molar-refractivity contribution in [3.05, 3.63) is 161 Å². The Morgan fingerprint density at radius 2 is 1.38 bits per heavy atom. The Morgan fingerprint density at radius 3 is 2.10 bits per heavy atom. The van der Waals surface area contributed by atoms with E-state index in [9.17, 15) is 4.79 Å². The number of hydrogen-bond acceptors (Lipinski definition) is 2. The molecule has 0 aromatic heterocycles. The van der Waals surface area contributed by atoms with Gasteiger partial charge in [0.1, 0.15) is 0 Å². The molecular weight excluding hydrogens is 534 g/mol. The van der Waals surface area contributed by atoms with Crippen molar-refractivity contribution in [2.45, 2.75) is 24.8 Å². The zero-order valence-corrected chi connectivity index (χ0v) is 24.8. The van der Waals surface area contributed by atoms with Gasteiger partial charge in [0.25, 0.3) is 0 Å². The van der Waals surface area contributed by atoms with Crippen LogP contribution in [-0.2, 0) is 5.41 Å². The number of ketones is 1. The van der Waals surface area contributed by atoms with Crippen LogP contribution in [0.15, 0.2) is 133 Å². The van der Waals surface area contributed by atoms with Gasteiger partial charge in [-0.25, -0.2) is 0 Å². The van der Waals surface area contributed by atoms with Crippen LogP contribution >= 0.6 is 11.6 Å². The Labute approximate surface area is 252 Å². The van der Waals surface area contributed by atoms with Crippen molar-refractivity contribution in [3.63, 3.8) is 0 Å². The Hall–Kier alpha value is -4.40. The molecule has 0 N–H and O–H groups in total. The molecule has 0 saturated carbocycles. The number of fused-ring (bicyclic) bond motifs is 3. The van der Waals surface area contributed by atoms with Crippen LogP contribution in [-0.4, -0.2) is 18.4 Å². The fraction of sp³-hybridized carbons (Fsp3) is 0.154. The highest BCUT2D eigenvalue weighted by molar-refractivity contribution is 6.30. The molecule has 1 heterocycles. The van der Waals surface area contributed by atoms with E-state index >= 15 is 0 Å². The third-order valence-electron chi connectivity index (χ3n) is 9.51. The minimum Gasteiger partial charge on any atom is -0.363 e. The minimum absolute atomic E-state index is 0.109. The van der Waals surface area contributed by atoms with E-state index in [2.05, 4.69) is 98.6 Å². The Bertz CT molecular complexity index is 1890. The number of allylic oxidation sites excluding steroid dienone is 2. The van der Waals surface area contributed by atoms with Crippen molar-refractivity contribution in [1.29, 1.82) is 0 Å². The molecule has 1 aliphatic heterocycles. The summed E-state index contributed by atoms with van der Waals surface area (Å²) < 4.78 is 0. The largest absolute Gasteiger partial charge is 0.363 e. The van der Waals surface area contributed by atoms with E-state index in [-0.39, 0.29) is 5.78 Å². The lowest BCUT2D eigenvalue weighted by Crippen LogP contribution is -2.61. The van der Waals surface area contributed by atoms with Gasteiger partial charge in [-0.1, -0.05) is 135 Å². The summed E-state index contributed by atoms with van der Waals surface area (Å²) in [7, 11) is 2.18. The van der Waals surface area contributed by atoms with Gasteiger partial charge >= 0.3 is 0 Å². The molecule has 3 heteroatoms. The Morgan fingerprint density at radius 1 is 0.738 bits per heavy atom. The molecule has 1 aliphatic carbocycles. The van der Waals surface area contributed by atoms with E-state index < -0.39 is 16.9 Å². The maximum Gasteiger partial charge on any atom is 0.173 e. The first-order valence-electron chi connectivity index (χ1n) is 14.4. The lowest BCUT2D eigenvalue weighted by Gasteiger charge is -2.52. The summed E-state index contributed by atoms with van der Waals surface area (Å²) in [6.45, 7) is 4.61. The topological polar surface area (TPSA) is 20.3 Å². The lowest BCUT2D eigenvalue weighted by molar-refractivity contribution is 0.0885. The molecule has 42 heavy (non-hydrogen) atoms. The molecule has 0 fully saturated rings.